The highest BCUT2D eigenvalue weighted by Crippen LogP contribution is 2.43. The van der Waals surface area contributed by atoms with Crippen molar-refractivity contribution in [2.45, 2.75) is 44.6 Å². The van der Waals surface area contributed by atoms with Gasteiger partial charge < -0.3 is 10.2 Å². The van der Waals surface area contributed by atoms with Gasteiger partial charge in [-0.3, -0.25) is 9.69 Å². The maximum Gasteiger partial charge on any atom is 0.321 e. The van der Waals surface area contributed by atoms with Crippen LogP contribution in [0.1, 0.15) is 37.8 Å². The molecule has 0 unspecified atom stereocenters. The van der Waals surface area contributed by atoms with Crippen molar-refractivity contribution in [3.05, 3.63) is 41.0 Å². The van der Waals surface area contributed by atoms with Gasteiger partial charge in [0.1, 0.15) is 5.82 Å². The van der Waals surface area contributed by atoms with E-state index in [4.69, 9.17) is 16.7 Å². The number of fused-ring (bicyclic) bond motifs is 2. The molecule has 0 radical (unpaired) electrons. The van der Waals surface area contributed by atoms with Gasteiger partial charge in [0.2, 0.25) is 5.91 Å². The number of aromatic nitrogens is 2. The highest BCUT2D eigenvalue weighted by Gasteiger charge is 2.47. The molecule has 1 saturated heterocycles. The van der Waals surface area contributed by atoms with Gasteiger partial charge in [0.05, 0.1) is 17.7 Å². The van der Waals surface area contributed by atoms with Gasteiger partial charge in [-0.05, 0) is 62.8 Å². The van der Waals surface area contributed by atoms with Crippen molar-refractivity contribution >= 4 is 35.0 Å². The Morgan fingerprint density at radius 3 is 2.60 bits per heavy atom. The van der Waals surface area contributed by atoms with Crippen molar-refractivity contribution in [3.8, 4) is 0 Å². The Hall–Kier alpha value is -2.54. The Bertz CT molecular complexity index is 974. The number of nitrogens with one attached hydrogen (secondary N) is 1. The summed E-state index contributed by atoms with van der Waals surface area (Å²) in [7, 11) is 0. The largest absolute Gasteiger partial charge is 0.324 e. The summed E-state index contributed by atoms with van der Waals surface area (Å²) in [5, 5.41) is 8.34. The number of carbonyl (C=O) groups excluding carboxylic acids is 2. The second-order valence-corrected chi connectivity index (χ2v) is 9.27. The van der Waals surface area contributed by atoms with Crippen molar-refractivity contribution in [1.82, 2.24) is 14.7 Å². The third-order valence-electron chi connectivity index (χ3n) is 6.53. The van der Waals surface area contributed by atoms with Crippen molar-refractivity contribution < 1.29 is 9.59 Å². The first kappa shape index (κ1) is 19.4. The lowest BCUT2D eigenvalue weighted by atomic mass is 9.82. The molecule has 1 aliphatic carbocycles. The number of hydrogen-bond acceptors (Lipinski definition) is 3. The van der Waals surface area contributed by atoms with Crippen LogP contribution in [-0.4, -0.2) is 46.3 Å². The van der Waals surface area contributed by atoms with Gasteiger partial charge in [0.25, 0.3) is 0 Å². The van der Waals surface area contributed by atoms with Gasteiger partial charge in [-0.25, -0.2) is 9.48 Å². The number of aryl methyl sites for hydroxylation is 1. The van der Waals surface area contributed by atoms with E-state index in [1.165, 1.54) is 12.8 Å². The standard InChI is InChI=1S/C22H26ClN5O2/c1-15-12-19-27(14-16-2-3-16)20(29)13-22(28(19)25-15)8-10-26(11-9-22)21(30)24-18-6-4-17(23)5-7-18/h4-7,12,16H,2-3,8-11,13-14H2,1H3,(H,24,30). The smallest absolute Gasteiger partial charge is 0.321 e. The molecule has 5 rings (SSSR count). The summed E-state index contributed by atoms with van der Waals surface area (Å²) in [6, 6.07) is 9.00. The van der Waals surface area contributed by atoms with Gasteiger partial charge >= 0.3 is 6.03 Å². The van der Waals surface area contributed by atoms with Crippen LogP contribution >= 0.6 is 11.6 Å². The van der Waals surface area contributed by atoms with Crippen LogP contribution in [0.2, 0.25) is 5.02 Å². The minimum absolute atomic E-state index is 0.124. The molecule has 3 heterocycles. The van der Waals surface area contributed by atoms with Crippen molar-refractivity contribution in [1.29, 1.82) is 0 Å². The predicted molar refractivity (Wildman–Crippen MR) is 116 cm³/mol. The number of carbonyl (C=O) groups is 2. The molecule has 7 nitrogen and oxygen atoms in total. The van der Waals surface area contributed by atoms with Gasteiger partial charge in [0, 0.05) is 36.4 Å². The van der Waals surface area contributed by atoms with Gasteiger partial charge in [-0.2, -0.15) is 5.10 Å². The first-order valence-electron chi connectivity index (χ1n) is 10.6. The average molecular weight is 428 g/mol. The Kier molecular flexibility index (Phi) is 4.73. The quantitative estimate of drug-likeness (QED) is 0.804. The number of likely N-dealkylation sites (tertiary alicyclic amines) is 1. The Labute approximate surface area is 181 Å². The molecule has 1 aromatic carbocycles. The average Bonchev–Trinajstić information content (AvgIpc) is 3.46. The van der Waals surface area contributed by atoms with E-state index in [1.807, 2.05) is 22.8 Å². The number of urea groups is 1. The number of piperidine rings is 1. The molecule has 1 saturated carbocycles. The first-order valence-corrected chi connectivity index (χ1v) is 11.0. The lowest BCUT2D eigenvalue weighted by molar-refractivity contribution is -0.122. The monoisotopic (exact) mass is 427 g/mol. The zero-order valence-corrected chi connectivity index (χ0v) is 17.9. The minimum Gasteiger partial charge on any atom is -0.324 e. The fourth-order valence-electron chi connectivity index (χ4n) is 4.61. The second kappa shape index (κ2) is 7.30. The van der Waals surface area contributed by atoms with Gasteiger partial charge in [-0.1, -0.05) is 11.6 Å². The summed E-state index contributed by atoms with van der Waals surface area (Å²) in [4.78, 5) is 29.5. The molecular formula is C22H26ClN5O2. The SMILES string of the molecule is Cc1cc2n(n1)C1(CCN(C(=O)Nc3ccc(Cl)cc3)CC1)CC(=O)N2CC1CC1. The van der Waals surface area contributed by atoms with Crippen molar-refractivity contribution in [3.63, 3.8) is 0 Å². The van der Waals surface area contributed by atoms with Crippen LogP contribution in [-0.2, 0) is 10.3 Å². The number of rotatable bonds is 3. The lowest BCUT2D eigenvalue weighted by Gasteiger charge is -2.46. The molecule has 3 aliphatic rings. The third-order valence-corrected chi connectivity index (χ3v) is 6.79. The molecule has 1 N–H and O–H groups in total. The number of anilines is 2. The minimum atomic E-state index is -0.336. The van der Waals surface area contributed by atoms with E-state index < -0.39 is 0 Å². The van der Waals surface area contributed by atoms with Crippen LogP contribution in [0.15, 0.2) is 30.3 Å². The van der Waals surface area contributed by atoms with Gasteiger partial charge in [-0.15, -0.1) is 0 Å². The maximum absolute atomic E-state index is 13.1. The number of benzene rings is 1. The van der Waals surface area contributed by atoms with Crippen molar-refractivity contribution in [2.24, 2.45) is 5.92 Å². The molecule has 1 aromatic heterocycles. The summed E-state index contributed by atoms with van der Waals surface area (Å²) in [5.74, 6) is 1.74. The van der Waals surface area contributed by atoms with E-state index in [9.17, 15) is 9.59 Å². The molecule has 0 bridgehead atoms. The van der Waals surface area contributed by atoms with E-state index in [-0.39, 0.29) is 17.5 Å². The molecule has 2 aliphatic heterocycles. The number of nitrogens with zero attached hydrogens (tertiary/aromatic N) is 4. The summed E-state index contributed by atoms with van der Waals surface area (Å²) in [5.41, 5.74) is 1.32. The fourth-order valence-corrected chi connectivity index (χ4v) is 4.74. The lowest BCUT2D eigenvalue weighted by Crippen LogP contribution is -2.55. The van der Waals surface area contributed by atoms with Crippen LogP contribution in [0, 0.1) is 12.8 Å². The second-order valence-electron chi connectivity index (χ2n) is 8.83. The van der Waals surface area contributed by atoms with Gasteiger partial charge in [0.15, 0.2) is 0 Å². The molecule has 1 spiro atoms. The number of hydrogen-bond donors (Lipinski definition) is 1. The molecule has 2 aromatic rings. The summed E-state index contributed by atoms with van der Waals surface area (Å²) >= 11 is 5.91. The molecule has 8 heteroatoms. The summed E-state index contributed by atoms with van der Waals surface area (Å²) in [6.45, 7) is 3.96. The molecule has 158 valence electrons. The first-order chi connectivity index (χ1) is 14.4. The normalized spacial score (nSPS) is 20.4. The molecule has 0 atom stereocenters. The zero-order valence-electron chi connectivity index (χ0n) is 17.1. The van der Waals surface area contributed by atoms with Crippen LogP contribution in [0.3, 0.4) is 0 Å². The summed E-state index contributed by atoms with van der Waals surface area (Å²) < 4.78 is 2.08. The third kappa shape index (κ3) is 3.55. The van der Waals surface area contributed by atoms with Crippen LogP contribution in [0.25, 0.3) is 0 Å². The molecule has 2 fully saturated rings. The number of amides is 3. The maximum atomic E-state index is 13.1. The van der Waals surface area contributed by atoms with Crippen LogP contribution < -0.4 is 10.2 Å². The zero-order chi connectivity index (χ0) is 20.9. The molecule has 3 amide bonds. The summed E-state index contributed by atoms with van der Waals surface area (Å²) in [6.07, 6.45) is 4.32. The molecule has 30 heavy (non-hydrogen) atoms. The van der Waals surface area contributed by atoms with Crippen LogP contribution in [0.4, 0.5) is 16.3 Å². The highest BCUT2D eigenvalue weighted by molar-refractivity contribution is 6.30. The van der Waals surface area contributed by atoms with Crippen LogP contribution in [0.5, 0.6) is 0 Å². The fraction of sp³-hybridized carbons (Fsp3) is 0.500. The van der Waals surface area contributed by atoms with E-state index in [0.29, 0.717) is 30.5 Å². The highest BCUT2D eigenvalue weighted by atomic mass is 35.5. The Balaban J connectivity index is 1.31. The van der Waals surface area contributed by atoms with E-state index in [2.05, 4.69) is 10.00 Å². The van der Waals surface area contributed by atoms with E-state index >= 15 is 0 Å². The van der Waals surface area contributed by atoms with E-state index in [1.54, 1.807) is 24.3 Å². The predicted octanol–water partition coefficient (Wildman–Crippen LogP) is 4.01. The topological polar surface area (TPSA) is 70.5 Å². The van der Waals surface area contributed by atoms with E-state index in [0.717, 1.165) is 36.6 Å². The Morgan fingerprint density at radius 1 is 1.23 bits per heavy atom. The molecular weight excluding hydrogens is 402 g/mol. The van der Waals surface area contributed by atoms with Crippen molar-refractivity contribution in [2.75, 3.05) is 29.9 Å². The number of halogens is 1. The Morgan fingerprint density at radius 2 is 1.93 bits per heavy atom.